The quantitative estimate of drug-likeness (QED) is 0.604. The van der Waals surface area contributed by atoms with Gasteiger partial charge in [0.25, 0.3) is 11.8 Å². The molecule has 3 aromatic rings. The molecule has 32 heavy (non-hydrogen) atoms. The number of ether oxygens (including phenoxy) is 1. The fourth-order valence-corrected chi connectivity index (χ4v) is 4.28. The summed E-state index contributed by atoms with van der Waals surface area (Å²) in [6.45, 7) is 0.538. The van der Waals surface area contributed by atoms with Gasteiger partial charge in [-0.2, -0.15) is 0 Å². The molecule has 1 aliphatic carbocycles. The number of carbonyl (C=O) groups is 3. The maximum Gasteiger partial charge on any atom is 0.407 e. The highest BCUT2D eigenvalue weighted by molar-refractivity contribution is 6.21. The van der Waals surface area contributed by atoms with Gasteiger partial charge >= 0.3 is 6.09 Å². The fourth-order valence-electron chi connectivity index (χ4n) is 4.28. The van der Waals surface area contributed by atoms with Crippen LogP contribution in [0.25, 0.3) is 17.2 Å². The van der Waals surface area contributed by atoms with Gasteiger partial charge in [0.2, 0.25) is 0 Å². The minimum Gasteiger partial charge on any atom is -0.449 e. The maximum absolute atomic E-state index is 12.2. The van der Waals surface area contributed by atoms with E-state index in [0.717, 1.165) is 5.56 Å². The van der Waals surface area contributed by atoms with E-state index in [-0.39, 0.29) is 25.0 Å². The molecule has 5 rings (SSSR count). The summed E-state index contributed by atoms with van der Waals surface area (Å²) >= 11 is 0. The Hall–Kier alpha value is -4.19. The van der Waals surface area contributed by atoms with Gasteiger partial charge in [-0.15, -0.1) is 0 Å². The maximum atomic E-state index is 12.2. The molecule has 2 N–H and O–H groups in total. The molecule has 0 unspecified atom stereocenters. The first-order valence-corrected chi connectivity index (χ1v) is 10.4. The molecule has 0 aromatic heterocycles. The van der Waals surface area contributed by atoms with E-state index in [9.17, 15) is 14.4 Å². The van der Waals surface area contributed by atoms with Gasteiger partial charge in [-0.1, -0.05) is 66.7 Å². The van der Waals surface area contributed by atoms with Crippen LogP contribution >= 0.6 is 0 Å². The second-order valence-corrected chi connectivity index (χ2v) is 7.70. The lowest BCUT2D eigenvalue weighted by atomic mass is 9.98. The molecule has 6 heteroatoms. The minimum atomic E-state index is -0.490. The lowest BCUT2D eigenvalue weighted by Crippen LogP contribution is -2.26. The number of imide groups is 1. The molecule has 0 radical (unpaired) electrons. The first-order chi connectivity index (χ1) is 15.6. The number of benzene rings is 3. The Labute approximate surface area is 184 Å². The largest absolute Gasteiger partial charge is 0.449 e. The molecule has 6 nitrogen and oxygen atoms in total. The number of fused-ring (bicyclic) bond motifs is 4. The van der Waals surface area contributed by atoms with Crippen LogP contribution in [-0.2, 0) is 4.74 Å². The average molecular weight is 424 g/mol. The summed E-state index contributed by atoms with van der Waals surface area (Å²) in [6, 6.07) is 21.4. The molecule has 0 saturated carbocycles. The van der Waals surface area contributed by atoms with Gasteiger partial charge in [0.15, 0.2) is 0 Å². The second-order valence-electron chi connectivity index (χ2n) is 7.70. The minimum absolute atomic E-state index is 0.0176. The summed E-state index contributed by atoms with van der Waals surface area (Å²) < 4.78 is 5.50. The molecular formula is C26H20N2O4. The van der Waals surface area contributed by atoms with Gasteiger partial charge in [0, 0.05) is 12.5 Å². The standard InChI is InChI=1S/C26H20N2O4/c29-24-21-12-11-16(14-22(21)25(30)28-24)6-5-13-27-26(31)32-15-23-19-9-3-1-7-17(19)18-8-2-4-10-20(18)23/h1-12,14,23H,13,15H2,(H,27,31)(H,28,29,30). The van der Waals surface area contributed by atoms with Gasteiger partial charge < -0.3 is 10.1 Å². The van der Waals surface area contributed by atoms with Crippen LogP contribution in [0.15, 0.2) is 72.8 Å². The van der Waals surface area contributed by atoms with E-state index < -0.39 is 12.0 Å². The molecule has 0 atom stereocenters. The Balaban J connectivity index is 1.17. The van der Waals surface area contributed by atoms with Crippen LogP contribution in [0.3, 0.4) is 0 Å². The van der Waals surface area contributed by atoms with Crippen molar-refractivity contribution in [3.8, 4) is 11.1 Å². The van der Waals surface area contributed by atoms with Crippen molar-refractivity contribution in [1.29, 1.82) is 0 Å². The molecular weight excluding hydrogens is 404 g/mol. The molecule has 0 bridgehead atoms. The number of hydrogen-bond acceptors (Lipinski definition) is 4. The Morgan fingerprint density at radius 1 is 0.875 bits per heavy atom. The normalized spacial score (nSPS) is 14.1. The monoisotopic (exact) mass is 424 g/mol. The van der Waals surface area contributed by atoms with E-state index in [4.69, 9.17) is 4.74 Å². The molecule has 0 spiro atoms. The number of carbonyl (C=O) groups excluding carboxylic acids is 3. The third-order valence-corrected chi connectivity index (χ3v) is 5.78. The first-order valence-electron chi connectivity index (χ1n) is 10.4. The summed E-state index contributed by atoms with van der Waals surface area (Å²) in [5, 5.41) is 4.98. The summed E-state index contributed by atoms with van der Waals surface area (Å²) in [4.78, 5) is 35.6. The number of alkyl carbamates (subject to hydrolysis) is 1. The molecule has 3 aromatic carbocycles. The Bertz CT molecular complexity index is 1230. The summed E-state index contributed by atoms with van der Waals surface area (Å²) in [6.07, 6.45) is 3.05. The van der Waals surface area contributed by atoms with E-state index in [1.807, 2.05) is 24.3 Å². The second kappa shape index (κ2) is 8.15. The molecule has 158 valence electrons. The van der Waals surface area contributed by atoms with E-state index in [1.54, 1.807) is 30.4 Å². The van der Waals surface area contributed by atoms with Gasteiger partial charge in [0.1, 0.15) is 6.61 Å². The van der Waals surface area contributed by atoms with Gasteiger partial charge in [-0.3, -0.25) is 14.9 Å². The van der Waals surface area contributed by atoms with Gasteiger partial charge in [-0.05, 0) is 39.9 Å². The van der Waals surface area contributed by atoms with Crippen molar-refractivity contribution < 1.29 is 19.1 Å². The van der Waals surface area contributed by atoms with E-state index >= 15 is 0 Å². The van der Waals surface area contributed by atoms with Crippen molar-refractivity contribution in [2.24, 2.45) is 0 Å². The predicted molar refractivity (Wildman–Crippen MR) is 120 cm³/mol. The molecule has 2 aliphatic rings. The van der Waals surface area contributed by atoms with E-state index in [0.29, 0.717) is 11.1 Å². The van der Waals surface area contributed by atoms with Crippen molar-refractivity contribution in [2.45, 2.75) is 5.92 Å². The molecule has 1 heterocycles. The highest BCUT2D eigenvalue weighted by Gasteiger charge is 2.29. The summed E-state index contributed by atoms with van der Waals surface area (Å²) in [7, 11) is 0. The Morgan fingerprint density at radius 3 is 2.25 bits per heavy atom. The Kier molecular flexibility index (Phi) is 5.03. The topological polar surface area (TPSA) is 84.5 Å². The molecule has 0 saturated heterocycles. The van der Waals surface area contributed by atoms with Crippen molar-refractivity contribution in [3.05, 3.63) is 101 Å². The zero-order valence-electron chi connectivity index (χ0n) is 17.1. The lowest BCUT2D eigenvalue weighted by molar-refractivity contribution is 0.0879. The number of nitrogens with one attached hydrogen (secondary N) is 2. The zero-order valence-corrected chi connectivity index (χ0v) is 17.1. The highest BCUT2D eigenvalue weighted by Crippen LogP contribution is 2.44. The fraction of sp³-hybridized carbons (Fsp3) is 0.115. The molecule has 1 aliphatic heterocycles. The smallest absolute Gasteiger partial charge is 0.407 e. The number of hydrogen-bond donors (Lipinski definition) is 2. The number of rotatable bonds is 5. The van der Waals surface area contributed by atoms with E-state index in [1.165, 1.54) is 22.3 Å². The van der Waals surface area contributed by atoms with Crippen LogP contribution in [-0.4, -0.2) is 31.1 Å². The molecule has 0 fully saturated rings. The first kappa shape index (κ1) is 19.8. The van der Waals surface area contributed by atoms with Crippen LogP contribution < -0.4 is 10.6 Å². The third-order valence-electron chi connectivity index (χ3n) is 5.78. The average Bonchev–Trinajstić information content (AvgIpc) is 3.29. The predicted octanol–water partition coefficient (Wildman–Crippen LogP) is 4.12. The van der Waals surface area contributed by atoms with E-state index in [2.05, 4.69) is 34.9 Å². The SMILES string of the molecule is O=C(NCC=Cc1ccc2c(c1)C(=O)NC2=O)OCC1c2ccccc2-c2ccccc21. The van der Waals surface area contributed by atoms with Gasteiger partial charge in [0.05, 0.1) is 11.1 Å². The Morgan fingerprint density at radius 2 is 1.53 bits per heavy atom. The van der Waals surface area contributed by atoms with Crippen LogP contribution in [0.2, 0.25) is 0 Å². The van der Waals surface area contributed by atoms with Gasteiger partial charge in [-0.25, -0.2) is 4.79 Å². The van der Waals surface area contributed by atoms with Crippen LogP contribution in [0, 0.1) is 0 Å². The highest BCUT2D eigenvalue weighted by atomic mass is 16.5. The zero-order chi connectivity index (χ0) is 22.1. The van der Waals surface area contributed by atoms with Crippen molar-refractivity contribution >= 4 is 24.0 Å². The van der Waals surface area contributed by atoms with Crippen molar-refractivity contribution in [2.75, 3.05) is 13.2 Å². The lowest BCUT2D eigenvalue weighted by Gasteiger charge is -2.14. The van der Waals surface area contributed by atoms with Crippen LogP contribution in [0.1, 0.15) is 43.3 Å². The third kappa shape index (κ3) is 3.56. The van der Waals surface area contributed by atoms with Crippen LogP contribution in [0.4, 0.5) is 4.79 Å². The van der Waals surface area contributed by atoms with Crippen molar-refractivity contribution in [1.82, 2.24) is 10.6 Å². The number of amides is 3. The van der Waals surface area contributed by atoms with Crippen molar-refractivity contribution in [3.63, 3.8) is 0 Å². The molecule has 3 amide bonds. The summed E-state index contributed by atoms with van der Waals surface area (Å²) in [5.41, 5.74) is 6.21. The van der Waals surface area contributed by atoms with Crippen LogP contribution in [0.5, 0.6) is 0 Å². The summed E-state index contributed by atoms with van der Waals surface area (Å²) in [5.74, 6) is -0.751.